The molecule has 0 saturated heterocycles. The van der Waals surface area contributed by atoms with Gasteiger partial charge in [0.25, 0.3) is 5.91 Å². The number of hydrogen-bond donors (Lipinski definition) is 3. The van der Waals surface area contributed by atoms with Crippen LogP contribution in [0.4, 0.5) is 0 Å². The number of H-pyrrole nitrogens is 1. The first-order valence-electron chi connectivity index (χ1n) is 15.3. The van der Waals surface area contributed by atoms with E-state index < -0.39 is 24.3 Å². The summed E-state index contributed by atoms with van der Waals surface area (Å²) in [4.78, 5) is 33.0. The van der Waals surface area contributed by atoms with Gasteiger partial charge >= 0.3 is 0 Å². The van der Waals surface area contributed by atoms with Gasteiger partial charge in [0.05, 0.1) is 18.9 Å². The van der Waals surface area contributed by atoms with Crippen molar-refractivity contribution in [2.24, 2.45) is 5.92 Å². The van der Waals surface area contributed by atoms with Crippen molar-refractivity contribution in [2.75, 3.05) is 19.4 Å². The van der Waals surface area contributed by atoms with Crippen LogP contribution < -0.4 is 10.1 Å². The quantitative estimate of drug-likeness (QED) is 0.126. The molecule has 2 aromatic heterocycles. The first kappa shape index (κ1) is 36.1. The van der Waals surface area contributed by atoms with Crippen LogP contribution in [-0.2, 0) is 14.3 Å². The number of rotatable bonds is 15. The van der Waals surface area contributed by atoms with E-state index >= 15 is 0 Å². The Hall–Kier alpha value is -3.32. The zero-order valence-corrected chi connectivity index (χ0v) is 29.5. The predicted octanol–water partition coefficient (Wildman–Crippen LogP) is 6.39. The van der Waals surface area contributed by atoms with Crippen molar-refractivity contribution < 1.29 is 32.3 Å². The van der Waals surface area contributed by atoms with E-state index in [1.807, 2.05) is 0 Å². The van der Waals surface area contributed by atoms with Gasteiger partial charge in [0, 0.05) is 35.5 Å². The summed E-state index contributed by atoms with van der Waals surface area (Å²) in [6.45, 7) is 16.9. The Morgan fingerprint density at radius 1 is 0.933 bits per heavy atom. The zero-order valence-electron chi connectivity index (χ0n) is 27.7. The molecule has 12 heteroatoms. The van der Waals surface area contributed by atoms with Crippen LogP contribution in [0, 0.1) is 5.92 Å². The molecule has 246 valence electrons. The van der Waals surface area contributed by atoms with Crippen molar-refractivity contribution in [3.8, 4) is 22.8 Å². The van der Waals surface area contributed by atoms with Crippen LogP contribution in [0.25, 0.3) is 11.3 Å². The van der Waals surface area contributed by atoms with Crippen molar-refractivity contribution in [3.05, 3.63) is 59.9 Å². The standard InChI is InChI=1S/C33H47N3O7SSi/c1-20(2)32(38)25-14-24(15-28(16-25)43-27-10-13-31(34-18-27)44(9,40)41)29-11-12-30(36-29)33(39)35-17-26(37)19-42-45(21(3)4,22(5)6)23(7)8/h10-16,18,20-23,26,36-37H,17,19H2,1-9H3,(H,35,39)/t26-/m0/s1. The van der Waals surface area contributed by atoms with Crippen LogP contribution in [0.5, 0.6) is 11.5 Å². The van der Waals surface area contributed by atoms with Crippen molar-refractivity contribution in [1.29, 1.82) is 0 Å². The molecule has 1 aromatic carbocycles. The van der Waals surface area contributed by atoms with Gasteiger partial charge in [0.1, 0.15) is 17.2 Å². The first-order valence-corrected chi connectivity index (χ1v) is 19.3. The summed E-state index contributed by atoms with van der Waals surface area (Å²) in [6, 6.07) is 11.3. The normalized spacial score (nSPS) is 13.1. The lowest BCUT2D eigenvalue weighted by Gasteiger charge is -2.42. The number of benzene rings is 1. The molecule has 10 nitrogen and oxygen atoms in total. The maximum atomic E-state index is 13.0. The maximum absolute atomic E-state index is 13.0. The summed E-state index contributed by atoms with van der Waals surface area (Å²) >= 11 is 0. The summed E-state index contributed by atoms with van der Waals surface area (Å²) in [7, 11) is -5.61. The monoisotopic (exact) mass is 657 g/mol. The van der Waals surface area contributed by atoms with Crippen molar-refractivity contribution in [2.45, 2.75) is 83.1 Å². The van der Waals surface area contributed by atoms with Gasteiger partial charge < -0.3 is 24.6 Å². The Bertz CT molecular complexity index is 1560. The fraction of sp³-hybridized carbons (Fsp3) is 0.485. The number of amides is 1. The Kier molecular flexibility index (Phi) is 11.9. The van der Waals surface area contributed by atoms with Gasteiger partial charge in [-0.15, -0.1) is 0 Å². The molecular weight excluding hydrogens is 611 g/mol. The van der Waals surface area contributed by atoms with E-state index in [2.05, 4.69) is 56.8 Å². The molecule has 3 aromatic rings. The Morgan fingerprint density at radius 2 is 1.58 bits per heavy atom. The molecular formula is C33H47N3O7SSi. The number of aliphatic hydroxyl groups is 1. The van der Waals surface area contributed by atoms with Crippen LogP contribution in [-0.4, -0.2) is 69.0 Å². The molecule has 0 unspecified atom stereocenters. The number of pyridine rings is 1. The van der Waals surface area contributed by atoms with Gasteiger partial charge in [-0.2, -0.15) is 0 Å². The summed E-state index contributed by atoms with van der Waals surface area (Å²) in [5, 5.41) is 13.4. The third-order valence-electron chi connectivity index (χ3n) is 8.01. The topological polar surface area (TPSA) is 148 Å². The lowest BCUT2D eigenvalue weighted by Crippen LogP contribution is -2.50. The molecule has 0 aliphatic carbocycles. The minimum atomic E-state index is -3.46. The molecule has 0 fully saturated rings. The van der Waals surface area contributed by atoms with Gasteiger partial charge in [0.2, 0.25) is 0 Å². The Balaban J connectivity index is 1.76. The van der Waals surface area contributed by atoms with E-state index in [0.29, 0.717) is 44.9 Å². The third-order valence-corrected chi connectivity index (χ3v) is 15.1. The number of aromatic nitrogens is 2. The lowest BCUT2D eigenvalue weighted by molar-refractivity contribution is 0.0809. The SMILES string of the molecule is CC(C)C(=O)c1cc(Oc2ccc(S(C)(=O)=O)nc2)cc(-c2ccc(C(=O)NC[C@H](O)CO[Si](C(C)C)(C(C)C)C(C)C)[nH]2)c1. The first-order chi connectivity index (χ1) is 20.9. The van der Waals surface area contributed by atoms with Gasteiger partial charge in [-0.05, 0) is 59.1 Å². The fourth-order valence-electron chi connectivity index (χ4n) is 5.87. The molecule has 0 aliphatic rings. The average Bonchev–Trinajstić information content (AvgIpc) is 3.45. The van der Waals surface area contributed by atoms with Gasteiger partial charge in [-0.25, -0.2) is 13.4 Å². The molecule has 45 heavy (non-hydrogen) atoms. The number of ether oxygens (including phenoxy) is 1. The van der Waals surface area contributed by atoms with E-state index in [-0.39, 0.29) is 41.5 Å². The molecule has 1 atom stereocenters. The zero-order chi connectivity index (χ0) is 33.7. The molecule has 3 N–H and O–H groups in total. The molecule has 0 saturated carbocycles. The van der Waals surface area contributed by atoms with Crippen molar-refractivity contribution in [3.63, 3.8) is 0 Å². The van der Waals surface area contributed by atoms with E-state index in [1.54, 1.807) is 44.2 Å². The molecule has 2 heterocycles. The molecule has 0 bridgehead atoms. The Labute approximate surface area is 268 Å². The number of Topliss-reactive ketones (excluding diaryl/α,β-unsaturated/α-hetero) is 1. The number of hydrogen-bond acceptors (Lipinski definition) is 8. The number of carbonyl (C=O) groups excluding carboxylic acids is 2. The van der Waals surface area contributed by atoms with Crippen LogP contribution in [0.2, 0.25) is 16.6 Å². The van der Waals surface area contributed by atoms with Crippen LogP contribution in [0.15, 0.2) is 53.7 Å². The third kappa shape index (κ3) is 8.90. The highest BCUT2D eigenvalue weighted by atomic mass is 32.2. The lowest BCUT2D eigenvalue weighted by atomic mass is 9.98. The van der Waals surface area contributed by atoms with E-state index in [1.165, 1.54) is 18.3 Å². The predicted molar refractivity (Wildman–Crippen MR) is 178 cm³/mol. The fourth-order valence-corrected chi connectivity index (χ4v) is 11.9. The number of nitrogens with zero attached hydrogens (tertiary/aromatic N) is 1. The number of carbonyl (C=O) groups is 2. The van der Waals surface area contributed by atoms with Crippen LogP contribution in [0.1, 0.15) is 76.2 Å². The second-order valence-electron chi connectivity index (χ2n) is 12.7. The van der Waals surface area contributed by atoms with E-state index in [0.717, 1.165) is 6.26 Å². The van der Waals surface area contributed by atoms with Gasteiger partial charge in [-0.3, -0.25) is 9.59 Å². The summed E-state index contributed by atoms with van der Waals surface area (Å²) in [6.07, 6.45) is 1.52. The van der Waals surface area contributed by atoms with Gasteiger partial charge in [-0.1, -0.05) is 55.4 Å². The van der Waals surface area contributed by atoms with E-state index in [9.17, 15) is 23.1 Å². The minimum absolute atomic E-state index is 0.0362. The summed E-state index contributed by atoms with van der Waals surface area (Å²) < 4.78 is 35.9. The highest BCUT2D eigenvalue weighted by molar-refractivity contribution is 7.90. The second-order valence-corrected chi connectivity index (χ2v) is 20.2. The van der Waals surface area contributed by atoms with Crippen LogP contribution in [0.3, 0.4) is 0 Å². The summed E-state index contributed by atoms with van der Waals surface area (Å²) in [5.41, 5.74) is 3.06. The Morgan fingerprint density at radius 3 is 2.11 bits per heavy atom. The highest BCUT2D eigenvalue weighted by Gasteiger charge is 2.45. The largest absolute Gasteiger partial charge is 0.456 e. The molecule has 0 spiro atoms. The number of aliphatic hydroxyl groups excluding tert-OH is 1. The number of sulfone groups is 1. The number of aromatic amines is 1. The number of ketones is 1. The highest BCUT2D eigenvalue weighted by Crippen LogP contribution is 2.42. The smallest absolute Gasteiger partial charge is 0.267 e. The maximum Gasteiger partial charge on any atom is 0.267 e. The van der Waals surface area contributed by atoms with E-state index in [4.69, 9.17) is 9.16 Å². The van der Waals surface area contributed by atoms with Gasteiger partial charge in [0.15, 0.2) is 29.0 Å². The molecule has 0 aliphatic heterocycles. The van der Waals surface area contributed by atoms with Crippen LogP contribution >= 0.6 is 0 Å². The number of nitrogens with one attached hydrogen (secondary N) is 2. The van der Waals surface area contributed by atoms with Crippen molar-refractivity contribution in [1.82, 2.24) is 15.3 Å². The van der Waals surface area contributed by atoms with Crippen molar-refractivity contribution >= 4 is 29.8 Å². The second kappa shape index (κ2) is 14.8. The average molecular weight is 658 g/mol. The molecule has 1 amide bonds. The minimum Gasteiger partial charge on any atom is -0.456 e. The molecule has 0 radical (unpaired) electrons. The summed E-state index contributed by atoms with van der Waals surface area (Å²) in [5.74, 6) is -0.0981. The molecule has 3 rings (SSSR count).